The van der Waals surface area contributed by atoms with Crippen molar-refractivity contribution in [3.8, 4) is 0 Å². The molecule has 2 heterocycles. The molecular weight excluding hydrogens is 360 g/mol. The minimum absolute atomic E-state index is 0.125. The molecule has 0 unspecified atom stereocenters. The molecule has 0 saturated carbocycles. The average Bonchev–Trinajstić information content (AvgIpc) is 2.58. The molecule has 1 aromatic carbocycles. The molecule has 0 bridgehead atoms. The van der Waals surface area contributed by atoms with Gasteiger partial charge >= 0.3 is 0 Å². The van der Waals surface area contributed by atoms with Crippen LogP contribution in [0.3, 0.4) is 0 Å². The van der Waals surface area contributed by atoms with Crippen LogP contribution in [0.5, 0.6) is 0 Å². The Labute approximate surface area is 152 Å². The first kappa shape index (κ1) is 18.2. The quantitative estimate of drug-likeness (QED) is 0.888. The predicted octanol–water partition coefficient (Wildman–Crippen LogP) is 3.21. The summed E-state index contributed by atoms with van der Waals surface area (Å²) in [5.74, 6) is 0.210. The van der Waals surface area contributed by atoms with E-state index in [-0.39, 0.29) is 11.5 Å². The maximum Gasteiger partial charge on any atom is 0.248 e. The third-order valence-corrected chi connectivity index (χ3v) is 7.25. The first-order valence-electron chi connectivity index (χ1n) is 8.24. The van der Waals surface area contributed by atoms with Gasteiger partial charge < -0.3 is 4.98 Å². The van der Waals surface area contributed by atoms with Crippen molar-refractivity contribution in [1.82, 2.24) is 9.29 Å². The van der Waals surface area contributed by atoms with Crippen LogP contribution in [0.2, 0.25) is 5.02 Å². The van der Waals surface area contributed by atoms with E-state index < -0.39 is 10.0 Å². The average molecular weight is 381 g/mol. The fraction of sp³-hybridized carbons (Fsp3) is 0.389. The van der Waals surface area contributed by atoms with Crippen LogP contribution in [0.25, 0.3) is 0 Å². The summed E-state index contributed by atoms with van der Waals surface area (Å²) in [6.45, 7) is 4.46. The van der Waals surface area contributed by atoms with Gasteiger partial charge in [-0.3, -0.25) is 4.79 Å². The molecule has 1 aliphatic rings. The van der Waals surface area contributed by atoms with Crippen LogP contribution in [0, 0.1) is 13.8 Å². The van der Waals surface area contributed by atoms with Crippen LogP contribution < -0.4 is 5.56 Å². The zero-order valence-corrected chi connectivity index (χ0v) is 15.8. The fourth-order valence-electron chi connectivity index (χ4n) is 3.32. The third-order valence-electron chi connectivity index (χ3n) is 4.80. The largest absolute Gasteiger partial charge is 0.329 e. The molecule has 1 saturated heterocycles. The Balaban J connectivity index is 1.80. The molecule has 1 N–H and O–H groups in total. The van der Waals surface area contributed by atoms with Gasteiger partial charge in [-0.05, 0) is 67.5 Å². The second-order valence-electron chi connectivity index (χ2n) is 6.53. The predicted molar refractivity (Wildman–Crippen MR) is 98.7 cm³/mol. The van der Waals surface area contributed by atoms with E-state index in [2.05, 4.69) is 4.98 Å². The Morgan fingerprint density at radius 1 is 1.12 bits per heavy atom. The number of hydrogen-bond acceptors (Lipinski definition) is 3. The highest BCUT2D eigenvalue weighted by molar-refractivity contribution is 7.89. The summed E-state index contributed by atoms with van der Waals surface area (Å²) >= 11 is 6.08. The number of H-pyrrole nitrogens is 1. The molecule has 2 aromatic rings. The van der Waals surface area contributed by atoms with Crippen molar-refractivity contribution in [1.29, 1.82) is 0 Å². The van der Waals surface area contributed by atoms with E-state index in [1.807, 2.05) is 6.07 Å². The summed E-state index contributed by atoms with van der Waals surface area (Å²) in [5, 5.41) is 0.574. The number of pyridine rings is 1. The van der Waals surface area contributed by atoms with E-state index >= 15 is 0 Å². The van der Waals surface area contributed by atoms with E-state index in [0.717, 1.165) is 11.1 Å². The Kier molecular flexibility index (Phi) is 5.04. The standard InChI is InChI=1S/C18H21ClN2O3S/c1-12-10-17(13(2)9-16(12)19)25(23,24)21-7-4-14(5-8-21)15-3-6-20-18(22)11-15/h3,6,9-11,14H,4-5,7-8H2,1-2H3,(H,20,22). The van der Waals surface area contributed by atoms with E-state index in [1.165, 1.54) is 4.31 Å². The second kappa shape index (κ2) is 6.94. The number of hydrogen-bond donors (Lipinski definition) is 1. The number of aryl methyl sites for hydroxylation is 2. The summed E-state index contributed by atoms with van der Waals surface area (Å²) in [7, 11) is -3.54. The summed E-state index contributed by atoms with van der Waals surface area (Å²) in [4.78, 5) is 14.4. The van der Waals surface area contributed by atoms with E-state index in [0.29, 0.717) is 41.4 Å². The van der Waals surface area contributed by atoms with Gasteiger partial charge in [0.2, 0.25) is 15.6 Å². The molecule has 0 atom stereocenters. The molecule has 0 radical (unpaired) electrons. The van der Waals surface area contributed by atoms with Crippen LogP contribution in [-0.2, 0) is 10.0 Å². The fourth-order valence-corrected chi connectivity index (χ4v) is 5.30. The summed E-state index contributed by atoms with van der Waals surface area (Å²) in [6, 6.07) is 6.84. The van der Waals surface area contributed by atoms with Crippen molar-refractivity contribution in [3.05, 3.63) is 62.5 Å². The van der Waals surface area contributed by atoms with Crippen molar-refractivity contribution in [2.75, 3.05) is 13.1 Å². The Bertz CT molecular complexity index is 945. The van der Waals surface area contributed by atoms with Crippen LogP contribution in [0.15, 0.2) is 40.2 Å². The molecule has 134 valence electrons. The molecule has 1 aliphatic heterocycles. The normalized spacial score (nSPS) is 16.9. The number of rotatable bonds is 3. The summed E-state index contributed by atoms with van der Waals surface area (Å²) in [6.07, 6.45) is 3.04. The maximum absolute atomic E-state index is 13.0. The lowest BCUT2D eigenvalue weighted by Gasteiger charge is -2.31. The molecule has 3 rings (SSSR count). The lowest BCUT2D eigenvalue weighted by Crippen LogP contribution is -2.38. The summed E-state index contributed by atoms with van der Waals surface area (Å²) in [5.41, 5.74) is 2.26. The summed E-state index contributed by atoms with van der Waals surface area (Å²) < 4.78 is 27.5. The van der Waals surface area contributed by atoms with Crippen molar-refractivity contribution in [3.63, 3.8) is 0 Å². The first-order chi connectivity index (χ1) is 11.8. The van der Waals surface area contributed by atoms with Gasteiger partial charge in [-0.15, -0.1) is 0 Å². The lowest BCUT2D eigenvalue weighted by atomic mass is 9.91. The Hall–Kier alpha value is -1.63. The molecule has 0 amide bonds. The molecule has 1 aromatic heterocycles. The zero-order valence-electron chi connectivity index (χ0n) is 14.3. The van der Waals surface area contributed by atoms with Gasteiger partial charge in [-0.1, -0.05) is 11.6 Å². The van der Waals surface area contributed by atoms with Gasteiger partial charge in [0.15, 0.2) is 0 Å². The molecule has 5 nitrogen and oxygen atoms in total. The number of benzene rings is 1. The van der Waals surface area contributed by atoms with Crippen LogP contribution in [0.1, 0.15) is 35.4 Å². The maximum atomic E-state index is 13.0. The highest BCUT2D eigenvalue weighted by atomic mass is 35.5. The zero-order chi connectivity index (χ0) is 18.2. The van der Waals surface area contributed by atoms with Gasteiger partial charge in [0, 0.05) is 30.4 Å². The third kappa shape index (κ3) is 3.66. The lowest BCUT2D eigenvalue weighted by molar-refractivity contribution is 0.319. The topological polar surface area (TPSA) is 70.2 Å². The van der Waals surface area contributed by atoms with E-state index in [4.69, 9.17) is 11.6 Å². The van der Waals surface area contributed by atoms with Crippen LogP contribution >= 0.6 is 11.6 Å². The van der Waals surface area contributed by atoms with Crippen molar-refractivity contribution in [2.24, 2.45) is 0 Å². The van der Waals surface area contributed by atoms with Crippen LogP contribution in [0.4, 0.5) is 0 Å². The number of nitrogens with zero attached hydrogens (tertiary/aromatic N) is 1. The van der Waals surface area contributed by atoms with Gasteiger partial charge in [0.25, 0.3) is 0 Å². The highest BCUT2D eigenvalue weighted by Gasteiger charge is 2.31. The number of nitrogens with one attached hydrogen (secondary N) is 1. The van der Waals surface area contributed by atoms with Gasteiger partial charge in [-0.2, -0.15) is 4.31 Å². The molecule has 0 aliphatic carbocycles. The van der Waals surface area contributed by atoms with Crippen molar-refractivity contribution >= 4 is 21.6 Å². The SMILES string of the molecule is Cc1cc(S(=O)(=O)N2CCC(c3cc[nH]c(=O)c3)CC2)c(C)cc1Cl. The van der Waals surface area contributed by atoms with Gasteiger partial charge in [-0.25, -0.2) is 8.42 Å². The van der Waals surface area contributed by atoms with Crippen LogP contribution in [-0.4, -0.2) is 30.8 Å². The molecule has 7 heteroatoms. The molecular formula is C18H21ClN2O3S. The Morgan fingerprint density at radius 2 is 1.80 bits per heavy atom. The minimum atomic E-state index is -3.54. The smallest absolute Gasteiger partial charge is 0.248 e. The van der Waals surface area contributed by atoms with Crippen molar-refractivity contribution in [2.45, 2.75) is 37.5 Å². The second-order valence-corrected chi connectivity index (χ2v) is 8.85. The monoisotopic (exact) mass is 380 g/mol. The number of aromatic amines is 1. The van der Waals surface area contributed by atoms with Gasteiger partial charge in [0.05, 0.1) is 4.90 Å². The highest BCUT2D eigenvalue weighted by Crippen LogP contribution is 2.32. The molecule has 1 fully saturated rings. The molecule has 0 spiro atoms. The van der Waals surface area contributed by atoms with E-state index in [1.54, 1.807) is 38.2 Å². The minimum Gasteiger partial charge on any atom is -0.329 e. The van der Waals surface area contributed by atoms with Crippen molar-refractivity contribution < 1.29 is 8.42 Å². The number of aromatic nitrogens is 1. The van der Waals surface area contributed by atoms with Gasteiger partial charge in [0.1, 0.15) is 0 Å². The van der Waals surface area contributed by atoms with E-state index in [9.17, 15) is 13.2 Å². The number of halogens is 1. The molecule has 25 heavy (non-hydrogen) atoms. The number of piperidine rings is 1. The Morgan fingerprint density at radius 3 is 2.44 bits per heavy atom. The number of sulfonamides is 1. The first-order valence-corrected chi connectivity index (χ1v) is 10.1.